The van der Waals surface area contributed by atoms with Crippen LogP contribution in [-0.2, 0) is 10.2 Å². The number of ether oxygens (including phenoxy) is 2. The SMILES string of the molecule is CCOc1ccc(C2(CCC#N)COC2)cc1Cl. The largest absolute Gasteiger partial charge is 0.492 e. The van der Waals surface area contributed by atoms with E-state index >= 15 is 0 Å². The van der Waals surface area contributed by atoms with Gasteiger partial charge in [0.25, 0.3) is 0 Å². The van der Waals surface area contributed by atoms with Gasteiger partial charge < -0.3 is 9.47 Å². The zero-order valence-corrected chi connectivity index (χ0v) is 11.2. The second-order valence-electron chi connectivity index (χ2n) is 4.51. The standard InChI is InChI=1S/C14H16ClNO2/c1-2-18-13-5-4-11(8-12(13)15)14(6-3-7-16)9-17-10-14/h4-5,8H,2-3,6,9-10H2,1H3. The molecule has 0 saturated carbocycles. The van der Waals surface area contributed by atoms with Gasteiger partial charge in [0.2, 0.25) is 0 Å². The number of rotatable bonds is 5. The van der Waals surface area contributed by atoms with Crippen LogP contribution in [0.15, 0.2) is 18.2 Å². The van der Waals surface area contributed by atoms with E-state index in [1.54, 1.807) is 0 Å². The molecule has 18 heavy (non-hydrogen) atoms. The minimum Gasteiger partial charge on any atom is -0.492 e. The fraction of sp³-hybridized carbons (Fsp3) is 0.500. The number of benzene rings is 1. The van der Waals surface area contributed by atoms with Crippen LogP contribution in [0, 0.1) is 11.3 Å². The van der Waals surface area contributed by atoms with Crippen LogP contribution >= 0.6 is 11.6 Å². The van der Waals surface area contributed by atoms with Crippen molar-refractivity contribution in [2.75, 3.05) is 19.8 Å². The summed E-state index contributed by atoms with van der Waals surface area (Å²) in [6.45, 7) is 3.86. The molecule has 0 unspecified atom stereocenters. The number of nitrogens with zero attached hydrogens (tertiary/aromatic N) is 1. The zero-order chi connectivity index (χ0) is 13.0. The van der Waals surface area contributed by atoms with Crippen molar-refractivity contribution < 1.29 is 9.47 Å². The van der Waals surface area contributed by atoms with Crippen molar-refractivity contribution in [2.24, 2.45) is 0 Å². The van der Waals surface area contributed by atoms with Gasteiger partial charge in [-0.1, -0.05) is 17.7 Å². The highest BCUT2D eigenvalue weighted by Crippen LogP contribution is 2.39. The van der Waals surface area contributed by atoms with E-state index in [-0.39, 0.29) is 5.41 Å². The van der Waals surface area contributed by atoms with Crippen molar-refractivity contribution in [2.45, 2.75) is 25.2 Å². The molecule has 0 bridgehead atoms. The molecule has 96 valence electrons. The van der Waals surface area contributed by atoms with Crippen LogP contribution in [-0.4, -0.2) is 19.8 Å². The van der Waals surface area contributed by atoms with Crippen molar-refractivity contribution in [3.05, 3.63) is 28.8 Å². The second-order valence-corrected chi connectivity index (χ2v) is 4.92. The first-order chi connectivity index (χ1) is 8.72. The van der Waals surface area contributed by atoms with Crippen LogP contribution in [0.1, 0.15) is 25.3 Å². The summed E-state index contributed by atoms with van der Waals surface area (Å²) in [5.41, 5.74) is 1.10. The van der Waals surface area contributed by atoms with Crippen LogP contribution in [0.2, 0.25) is 5.02 Å². The summed E-state index contributed by atoms with van der Waals surface area (Å²) in [6, 6.07) is 8.05. The van der Waals surface area contributed by atoms with E-state index in [0.717, 1.165) is 12.0 Å². The molecule has 0 spiro atoms. The van der Waals surface area contributed by atoms with Crippen LogP contribution in [0.5, 0.6) is 5.75 Å². The summed E-state index contributed by atoms with van der Waals surface area (Å²) >= 11 is 6.20. The van der Waals surface area contributed by atoms with Crippen molar-refractivity contribution in [1.82, 2.24) is 0 Å². The molecule has 1 aliphatic rings. The monoisotopic (exact) mass is 265 g/mol. The minimum atomic E-state index is -0.0376. The molecule has 0 N–H and O–H groups in total. The molecule has 2 rings (SSSR count). The molecular weight excluding hydrogens is 250 g/mol. The van der Waals surface area contributed by atoms with Crippen molar-refractivity contribution in [3.63, 3.8) is 0 Å². The molecule has 1 saturated heterocycles. The van der Waals surface area contributed by atoms with E-state index in [9.17, 15) is 0 Å². The maximum absolute atomic E-state index is 8.73. The van der Waals surface area contributed by atoms with Gasteiger partial charge in [-0.2, -0.15) is 5.26 Å². The Morgan fingerprint density at radius 1 is 1.50 bits per heavy atom. The fourth-order valence-corrected chi connectivity index (χ4v) is 2.44. The average molecular weight is 266 g/mol. The molecule has 0 aromatic heterocycles. The lowest BCUT2D eigenvalue weighted by atomic mass is 9.75. The third kappa shape index (κ3) is 2.45. The molecule has 4 heteroatoms. The summed E-state index contributed by atoms with van der Waals surface area (Å²) in [7, 11) is 0. The van der Waals surface area contributed by atoms with Crippen molar-refractivity contribution in [1.29, 1.82) is 5.26 Å². The Kier molecular flexibility index (Phi) is 4.11. The van der Waals surface area contributed by atoms with Gasteiger partial charge in [0.1, 0.15) is 5.75 Å². The van der Waals surface area contributed by atoms with Gasteiger partial charge in [-0.3, -0.25) is 0 Å². The number of hydrogen-bond acceptors (Lipinski definition) is 3. The lowest BCUT2D eigenvalue weighted by Gasteiger charge is -2.41. The second kappa shape index (κ2) is 5.60. The van der Waals surface area contributed by atoms with Gasteiger partial charge in [0.05, 0.1) is 30.9 Å². The third-order valence-corrected chi connectivity index (χ3v) is 3.61. The molecule has 1 fully saturated rings. The maximum Gasteiger partial charge on any atom is 0.137 e. The molecule has 3 nitrogen and oxygen atoms in total. The molecule has 1 aromatic rings. The Morgan fingerprint density at radius 2 is 2.28 bits per heavy atom. The molecule has 1 heterocycles. The number of hydrogen-bond donors (Lipinski definition) is 0. The highest BCUT2D eigenvalue weighted by molar-refractivity contribution is 6.32. The molecule has 0 amide bonds. The average Bonchev–Trinajstić information content (AvgIpc) is 2.31. The predicted octanol–water partition coefficient (Wildman–Crippen LogP) is 3.31. The van der Waals surface area contributed by atoms with Crippen molar-refractivity contribution in [3.8, 4) is 11.8 Å². The first kappa shape index (κ1) is 13.2. The normalized spacial score (nSPS) is 16.7. The quantitative estimate of drug-likeness (QED) is 0.820. The molecular formula is C14H16ClNO2. The van der Waals surface area contributed by atoms with E-state index in [1.807, 2.05) is 25.1 Å². The van der Waals surface area contributed by atoms with E-state index in [1.165, 1.54) is 0 Å². The molecule has 0 atom stereocenters. The molecule has 1 aromatic carbocycles. The van der Waals surface area contributed by atoms with Crippen LogP contribution in [0.3, 0.4) is 0 Å². The minimum absolute atomic E-state index is 0.0376. The van der Waals surface area contributed by atoms with Crippen molar-refractivity contribution >= 4 is 11.6 Å². The van der Waals surface area contributed by atoms with Gasteiger partial charge in [0.15, 0.2) is 0 Å². The summed E-state index contributed by atoms with van der Waals surface area (Å²) in [6.07, 6.45) is 1.35. The van der Waals surface area contributed by atoms with Gasteiger partial charge in [-0.15, -0.1) is 0 Å². The van der Waals surface area contributed by atoms with Crippen LogP contribution in [0.4, 0.5) is 0 Å². The summed E-state index contributed by atoms with van der Waals surface area (Å²) < 4.78 is 10.7. The highest BCUT2D eigenvalue weighted by Gasteiger charge is 2.40. The topological polar surface area (TPSA) is 42.2 Å². The van der Waals surface area contributed by atoms with E-state index in [4.69, 9.17) is 26.3 Å². The number of halogens is 1. The predicted molar refractivity (Wildman–Crippen MR) is 70.0 cm³/mol. The highest BCUT2D eigenvalue weighted by atomic mass is 35.5. The summed E-state index contributed by atoms with van der Waals surface area (Å²) in [5, 5.41) is 9.35. The van der Waals surface area contributed by atoms with Gasteiger partial charge in [0, 0.05) is 11.8 Å². The Balaban J connectivity index is 2.22. The smallest absolute Gasteiger partial charge is 0.137 e. The number of nitriles is 1. The summed E-state index contributed by atoms with van der Waals surface area (Å²) in [5.74, 6) is 0.707. The Bertz CT molecular complexity index is 463. The molecule has 0 aliphatic carbocycles. The van der Waals surface area contributed by atoms with Gasteiger partial charge >= 0.3 is 0 Å². The van der Waals surface area contributed by atoms with E-state index < -0.39 is 0 Å². The van der Waals surface area contributed by atoms with Crippen LogP contribution < -0.4 is 4.74 Å². The van der Waals surface area contributed by atoms with Gasteiger partial charge in [-0.05, 0) is 31.0 Å². The van der Waals surface area contributed by atoms with Gasteiger partial charge in [-0.25, -0.2) is 0 Å². The molecule has 1 aliphatic heterocycles. The first-order valence-corrected chi connectivity index (χ1v) is 6.47. The zero-order valence-electron chi connectivity index (χ0n) is 10.4. The fourth-order valence-electron chi connectivity index (χ4n) is 2.20. The third-order valence-electron chi connectivity index (χ3n) is 3.32. The Hall–Kier alpha value is -1.24. The Morgan fingerprint density at radius 3 is 2.78 bits per heavy atom. The maximum atomic E-state index is 8.73. The first-order valence-electron chi connectivity index (χ1n) is 6.09. The Labute approximate surface area is 112 Å². The lowest BCUT2D eigenvalue weighted by Crippen LogP contribution is -2.46. The molecule has 0 radical (unpaired) electrons. The summed E-state index contributed by atoms with van der Waals surface area (Å²) in [4.78, 5) is 0. The van der Waals surface area contributed by atoms with E-state index in [2.05, 4.69) is 6.07 Å². The van der Waals surface area contributed by atoms with Crippen LogP contribution in [0.25, 0.3) is 0 Å². The lowest BCUT2D eigenvalue weighted by molar-refractivity contribution is -0.0637. The van der Waals surface area contributed by atoms with E-state index in [0.29, 0.717) is 37.0 Å².